The number of nitrogens with one attached hydrogen (secondary N) is 1. The smallest absolute Gasteiger partial charge is 0.217 e. The van der Waals surface area contributed by atoms with Gasteiger partial charge in [0.05, 0.1) is 6.61 Å². The average Bonchev–Trinajstić information content (AvgIpc) is 2.18. The van der Waals surface area contributed by atoms with E-state index in [0.717, 1.165) is 0 Å². The number of ether oxygens (including phenoxy) is 1. The summed E-state index contributed by atoms with van der Waals surface area (Å²) >= 11 is 3.79. The van der Waals surface area contributed by atoms with Crippen LogP contribution >= 0.6 is 12.6 Å². The number of carbonyl (C=O) groups excluding carboxylic acids is 1. The number of rotatable bonds is 2. The zero-order valence-corrected chi connectivity index (χ0v) is 9.46. The van der Waals surface area contributed by atoms with Crippen LogP contribution in [0.1, 0.15) is 6.92 Å². The van der Waals surface area contributed by atoms with Gasteiger partial charge in [-0.05, 0) is 0 Å². The van der Waals surface area contributed by atoms with Crippen LogP contribution in [0.15, 0.2) is 0 Å². The van der Waals surface area contributed by atoms with Gasteiger partial charge >= 0.3 is 0 Å². The summed E-state index contributed by atoms with van der Waals surface area (Å²) in [6.07, 6.45) is -4.27. The topological polar surface area (TPSA) is 119 Å². The van der Waals surface area contributed by atoms with Crippen LogP contribution in [0.3, 0.4) is 0 Å². The highest BCUT2D eigenvalue weighted by atomic mass is 32.1. The van der Waals surface area contributed by atoms with Crippen molar-refractivity contribution < 1.29 is 30.0 Å². The van der Waals surface area contributed by atoms with E-state index in [1.807, 2.05) is 0 Å². The van der Waals surface area contributed by atoms with Gasteiger partial charge in [0.25, 0.3) is 0 Å². The summed E-state index contributed by atoms with van der Waals surface area (Å²) in [4.78, 5) is 8.76. The summed E-state index contributed by atoms with van der Waals surface area (Å²) in [6, 6.07) is -1.29. The Balaban J connectivity index is 2.89. The van der Waals surface area contributed by atoms with Gasteiger partial charge in [-0.2, -0.15) is 0 Å². The molecule has 0 radical (unpaired) electrons. The fourth-order valence-corrected chi connectivity index (χ4v) is 1.90. The number of carbonyl (C=O) groups is 1. The quantitative estimate of drug-likeness (QED) is 0.233. The monoisotopic (exact) mass is 253 g/mol. The fourth-order valence-electron chi connectivity index (χ4n) is 1.54. The Morgan fingerprint density at radius 2 is 2.12 bits per heavy atom. The van der Waals surface area contributed by atoms with Gasteiger partial charge in [0, 0.05) is 6.92 Å². The van der Waals surface area contributed by atoms with Gasteiger partial charge in [-0.15, -0.1) is 12.6 Å². The normalized spacial score (nSPS) is 44.1. The molecule has 7 nitrogen and oxygen atoms in total. The van der Waals surface area contributed by atoms with Crippen LogP contribution in [-0.4, -0.2) is 62.4 Å². The van der Waals surface area contributed by atoms with Crippen molar-refractivity contribution in [3.05, 3.63) is 0 Å². The third-order valence-electron chi connectivity index (χ3n) is 2.38. The molecule has 0 spiro atoms. The van der Waals surface area contributed by atoms with E-state index in [1.54, 1.807) is 0 Å². The van der Waals surface area contributed by atoms with Crippen molar-refractivity contribution in [3.8, 4) is 0 Å². The summed E-state index contributed by atoms with van der Waals surface area (Å²) in [5, 5.41) is 40.1. The van der Waals surface area contributed by atoms with Crippen molar-refractivity contribution in [2.75, 3.05) is 6.61 Å². The Kier molecular flexibility index (Phi) is 4.16. The maximum absolute atomic E-state index is 10.8. The molecule has 1 saturated heterocycles. The predicted octanol–water partition coefficient (Wildman–Crippen LogP) is -2.82. The Hall–Kier alpha value is -0.380. The van der Waals surface area contributed by atoms with Crippen molar-refractivity contribution in [2.45, 2.75) is 36.4 Å². The number of thiol groups is 1. The molecule has 1 aliphatic heterocycles. The first kappa shape index (κ1) is 13.7. The zero-order valence-electron chi connectivity index (χ0n) is 8.57. The second-order valence-electron chi connectivity index (χ2n) is 3.65. The molecule has 1 heterocycles. The van der Waals surface area contributed by atoms with Gasteiger partial charge in [-0.1, -0.05) is 0 Å². The Labute approximate surface area is 97.4 Å². The van der Waals surface area contributed by atoms with Gasteiger partial charge in [0.15, 0.2) is 11.2 Å². The maximum Gasteiger partial charge on any atom is 0.217 e. The second kappa shape index (κ2) is 4.86. The van der Waals surface area contributed by atoms with Crippen molar-refractivity contribution in [2.24, 2.45) is 0 Å². The predicted molar refractivity (Wildman–Crippen MR) is 55.5 cm³/mol. The van der Waals surface area contributed by atoms with Crippen molar-refractivity contribution in [1.82, 2.24) is 5.32 Å². The Bertz CT molecular complexity index is 273. The SMILES string of the molecule is CC(=O)N[C@@H]1C(O)O[C@H](CO)[C@@H](O)[C@]1(O)S. The lowest BCUT2D eigenvalue weighted by molar-refractivity contribution is -0.262. The summed E-state index contributed by atoms with van der Waals surface area (Å²) < 4.78 is 4.83. The molecular formula is C8H15NO6S. The summed E-state index contributed by atoms with van der Waals surface area (Å²) in [5.41, 5.74) is 0. The Morgan fingerprint density at radius 1 is 1.56 bits per heavy atom. The molecule has 1 aliphatic rings. The molecule has 5 N–H and O–H groups in total. The second-order valence-corrected chi connectivity index (χ2v) is 4.37. The largest absolute Gasteiger partial charge is 0.394 e. The molecule has 0 bridgehead atoms. The van der Waals surface area contributed by atoms with E-state index in [9.17, 15) is 20.1 Å². The van der Waals surface area contributed by atoms with E-state index >= 15 is 0 Å². The number of hydrogen-bond donors (Lipinski definition) is 6. The first-order valence-electron chi connectivity index (χ1n) is 4.65. The number of hydrogen-bond acceptors (Lipinski definition) is 7. The minimum absolute atomic E-state index is 0.519. The van der Waals surface area contributed by atoms with Crippen molar-refractivity contribution in [3.63, 3.8) is 0 Å². The molecule has 8 heteroatoms. The van der Waals surface area contributed by atoms with Crippen LogP contribution in [0.25, 0.3) is 0 Å². The lowest BCUT2D eigenvalue weighted by Crippen LogP contribution is -2.69. The fraction of sp³-hybridized carbons (Fsp3) is 0.875. The van der Waals surface area contributed by atoms with Crippen LogP contribution < -0.4 is 5.32 Å². The molecule has 1 unspecified atom stereocenters. The standard InChI is InChI=1S/C8H15NO6S/c1-3(11)9-5-7(13)15-4(2-10)6(12)8(5,14)16/h4-7,10,12-14,16H,2H2,1H3,(H,9,11)/t4-,5-,6-,7?,8-/m1/s1. The molecule has 0 saturated carbocycles. The van der Waals surface area contributed by atoms with Crippen molar-refractivity contribution >= 4 is 18.5 Å². The minimum atomic E-state index is -2.09. The van der Waals surface area contributed by atoms with Gasteiger partial charge in [-0.25, -0.2) is 0 Å². The molecule has 1 amide bonds. The highest BCUT2D eigenvalue weighted by Crippen LogP contribution is 2.31. The van der Waals surface area contributed by atoms with Crippen LogP contribution in [0.5, 0.6) is 0 Å². The first-order valence-corrected chi connectivity index (χ1v) is 5.09. The molecule has 0 aromatic carbocycles. The Morgan fingerprint density at radius 3 is 2.56 bits per heavy atom. The third kappa shape index (κ3) is 2.47. The lowest BCUT2D eigenvalue weighted by atomic mass is 9.96. The van der Waals surface area contributed by atoms with Gasteiger partial charge in [0.2, 0.25) is 5.91 Å². The third-order valence-corrected chi connectivity index (χ3v) is 2.93. The lowest BCUT2D eigenvalue weighted by Gasteiger charge is -2.45. The molecular weight excluding hydrogens is 238 g/mol. The van der Waals surface area contributed by atoms with E-state index < -0.39 is 42.0 Å². The zero-order chi connectivity index (χ0) is 12.5. The summed E-state index contributed by atoms with van der Waals surface area (Å²) in [7, 11) is 0. The number of aliphatic hydroxyl groups excluding tert-OH is 3. The highest BCUT2D eigenvalue weighted by molar-refractivity contribution is 7.81. The molecule has 5 atom stereocenters. The minimum Gasteiger partial charge on any atom is -0.394 e. The summed E-state index contributed by atoms with van der Waals surface area (Å²) in [6.45, 7) is 0.592. The molecule has 1 rings (SSSR count). The molecule has 0 aromatic heterocycles. The molecule has 16 heavy (non-hydrogen) atoms. The van der Waals surface area contributed by atoms with E-state index in [2.05, 4.69) is 17.9 Å². The van der Waals surface area contributed by atoms with Crippen LogP contribution in [0.4, 0.5) is 0 Å². The van der Waals surface area contributed by atoms with Gasteiger partial charge in [0.1, 0.15) is 18.2 Å². The maximum atomic E-state index is 10.8. The number of aliphatic hydroxyl groups is 4. The number of amides is 1. The highest BCUT2D eigenvalue weighted by Gasteiger charge is 2.53. The van der Waals surface area contributed by atoms with E-state index in [0.29, 0.717) is 0 Å². The van der Waals surface area contributed by atoms with Crippen molar-refractivity contribution in [1.29, 1.82) is 0 Å². The summed E-state index contributed by atoms with van der Waals surface area (Å²) in [5.74, 6) is -0.519. The van der Waals surface area contributed by atoms with E-state index in [4.69, 9.17) is 9.84 Å². The molecule has 0 aliphatic carbocycles. The molecule has 94 valence electrons. The van der Waals surface area contributed by atoms with E-state index in [1.165, 1.54) is 6.92 Å². The van der Waals surface area contributed by atoms with Crippen LogP contribution in [0.2, 0.25) is 0 Å². The van der Waals surface area contributed by atoms with E-state index in [-0.39, 0.29) is 0 Å². The van der Waals surface area contributed by atoms with Crippen LogP contribution in [0, 0.1) is 0 Å². The van der Waals surface area contributed by atoms with Crippen LogP contribution in [-0.2, 0) is 9.53 Å². The average molecular weight is 253 g/mol. The first-order chi connectivity index (χ1) is 7.30. The van der Waals surface area contributed by atoms with Gasteiger partial charge < -0.3 is 30.5 Å². The molecule has 0 aromatic rings. The van der Waals surface area contributed by atoms with Gasteiger partial charge in [-0.3, -0.25) is 4.79 Å². The molecule has 1 fully saturated rings.